The van der Waals surface area contributed by atoms with Crippen molar-refractivity contribution in [2.75, 3.05) is 11.1 Å². The first-order valence-corrected chi connectivity index (χ1v) is 18.3. The van der Waals surface area contributed by atoms with Gasteiger partial charge in [-0.3, -0.25) is 9.35 Å². The Balaban J connectivity index is 1.27. The van der Waals surface area contributed by atoms with Crippen LogP contribution in [0.3, 0.4) is 0 Å². The molecule has 0 aliphatic carbocycles. The van der Waals surface area contributed by atoms with Gasteiger partial charge in [-0.15, -0.1) is 18.9 Å². The molecular weight excluding hydrogens is 781 g/mol. The number of nitrogens with one attached hydrogen (secondary N) is 1. The summed E-state index contributed by atoms with van der Waals surface area (Å²) in [6, 6.07) is 22.5. The van der Waals surface area contributed by atoms with Gasteiger partial charge >= 0.3 is 0 Å². The molecule has 0 aliphatic rings. The summed E-state index contributed by atoms with van der Waals surface area (Å²) in [5, 5.41) is 67.2. The van der Waals surface area contributed by atoms with Crippen LogP contribution in [-0.4, -0.2) is 39.6 Å². The molecule has 0 aromatic heterocycles. The van der Waals surface area contributed by atoms with Crippen LogP contribution in [0.15, 0.2) is 126 Å². The number of aromatic hydroxyl groups is 2. The van der Waals surface area contributed by atoms with Crippen LogP contribution in [0.5, 0.6) is 11.5 Å². The van der Waals surface area contributed by atoms with Crippen molar-refractivity contribution in [1.29, 1.82) is 0 Å². The van der Waals surface area contributed by atoms with Crippen molar-refractivity contribution in [2.45, 2.75) is 21.6 Å². The monoisotopic (exact) mass is 806 g/mol. The predicted octanol–water partition coefficient (Wildman–Crippen LogP) is 9.48. The number of phenolic OH excluding ortho intramolecular Hbond substituents is 2. The van der Waals surface area contributed by atoms with E-state index in [1.54, 1.807) is 55.5 Å². The highest BCUT2D eigenvalue weighted by atomic mass is 32.2. The molecule has 0 atom stereocenters. The lowest BCUT2D eigenvalue weighted by Crippen LogP contribution is -2.11. The van der Waals surface area contributed by atoms with Crippen LogP contribution in [0.1, 0.15) is 15.9 Å². The quantitative estimate of drug-likeness (QED) is 0.0143. The maximum absolute atomic E-state index is 12.7. The Bertz CT molecular complexity index is 2610. The Morgan fingerprint density at radius 1 is 0.764 bits per heavy atom. The van der Waals surface area contributed by atoms with Gasteiger partial charge in [0.25, 0.3) is 16.0 Å². The predicted molar refractivity (Wildman–Crippen MR) is 201 cm³/mol. The van der Waals surface area contributed by atoms with Crippen LogP contribution >= 0.6 is 24.1 Å². The van der Waals surface area contributed by atoms with Crippen LogP contribution in [0.2, 0.25) is 0 Å². The lowest BCUT2D eigenvalue weighted by atomic mass is 10.1. The number of carbonyl (C=O) groups excluding carboxylic acids is 1. The fourth-order valence-corrected chi connectivity index (χ4v) is 6.97. The molecule has 0 heterocycles. The molecular formula is C34H26N6O12S3. The minimum Gasteiger partial charge on any atom is -0.506 e. The summed E-state index contributed by atoms with van der Waals surface area (Å²) in [7, 11) is -4.70. The normalized spacial score (nSPS) is 12.0. The first kappa shape index (κ1) is 39.0. The Morgan fingerprint density at radius 2 is 1.49 bits per heavy atom. The number of hydrogen-bond donors (Lipinski definition) is 7. The number of nitrogen functional groups attached to an aromatic ring is 1. The minimum absolute atomic E-state index is 0.0142. The number of rotatable bonds is 13. The topological polar surface area (TPSA) is 277 Å². The molecule has 0 unspecified atom stereocenters. The number of aryl methyl sites for hydroxylation is 1. The lowest BCUT2D eigenvalue weighted by Gasteiger charge is -2.11. The first-order valence-electron chi connectivity index (χ1n) is 15.3. The van der Waals surface area contributed by atoms with E-state index in [0.717, 1.165) is 6.07 Å². The van der Waals surface area contributed by atoms with Gasteiger partial charge < -0.3 is 21.3 Å². The van der Waals surface area contributed by atoms with Crippen molar-refractivity contribution < 1.29 is 57.2 Å². The van der Waals surface area contributed by atoms with E-state index < -0.39 is 15.0 Å². The van der Waals surface area contributed by atoms with E-state index in [1.165, 1.54) is 36.4 Å². The van der Waals surface area contributed by atoms with Gasteiger partial charge in [0.2, 0.25) is 0 Å². The van der Waals surface area contributed by atoms with Gasteiger partial charge in [-0.05, 0) is 102 Å². The molecule has 0 fully saturated rings. The van der Waals surface area contributed by atoms with Crippen molar-refractivity contribution in [2.24, 2.45) is 20.5 Å². The fraction of sp³-hybridized carbons (Fsp3) is 0.0294. The molecule has 0 spiro atoms. The standard InChI is InChI=1S/C34H26N6O12S3/c1-17-10-28(29(41)16-27(17)38-37-23-7-4-19-12-24(53-51-49-44)15-31(26(19)14-23)55(46,47)48)39-40-32-30(54-52-50-45)13-20-11-22(8-9-25(20)33(32)42)36-34(43)18-2-5-21(35)6-3-18/h2-16,41-42,44-45H,35H2,1H3,(H,36,43)(H,46,47,48). The summed E-state index contributed by atoms with van der Waals surface area (Å²) in [4.78, 5) is 12.6. The van der Waals surface area contributed by atoms with Gasteiger partial charge in [0.05, 0.1) is 40.4 Å². The molecule has 6 rings (SSSR count). The summed E-state index contributed by atoms with van der Waals surface area (Å²) in [5.74, 6) is -1.08. The maximum atomic E-state index is 12.7. The summed E-state index contributed by atoms with van der Waals surface area (Å²) >= 11 is 1.02. The highest BCUT2D eigenvalue weighted by Crippen LogP contribution is 2.45. The second-order valence-corrected chi connectivity index (χ2v) is 14.3. The average molecular weight is 807 g/mol. The van der Waals surface area contributed by atoms with Gasteiger partial charge in [-0.2, -0.15) is 18.6 Å². The SMILES string of the molecule is Cc1cc(N=Nc2c(SOOO)cc3cc(NC(=O)c4ccc(N)cc4)ccc3c2O)c(O)cc1N=Nc1ccc2cc(SOOO)cc(S(=O)(=O)O)c2c1. The van der Waals surface area contributed by atoms with Gasteiger partial charge in [0.1, 0.15) is 22.0 Å². The van der Waals surface area contributed by atoms with E-state index in [0.29, 0.717) is 62.7 Å². The van der Waals surface area contributed by atoms with Gasteiger partial charge in [-0.25, -0.2) is 10.5 Å². The third kappa shape index (κ3) is 9.15. The molecule has 18 nitrogen and oxygen atoms in total. The zero-order chi connectivity index (χ0) is 39.3. The Hall–Kier alpha value is -5.72. The second kappa shape index (κ2) is 16.7. The van der Waals surface area contributed by atoms with E-state index in [1.807, 2.05) is 0 Å². The largest absolute Gasteiger partial charge is 0.506 e. The van der Waals surface area contributed by atoms with Crippen LogP contribution in [0.4, 0.5) is 34.1 Å². The zero-order valence-corrected chi connectivity index (χ0v) is 30.3. The molecule has 6 aromatic carbocycles. The number of nitrogens with two attached hydrogens (primary N) is 1. The van der Waals surface area contributed by atoms with E-state index in [2.05, 4.69) is 44.5 Å². The van der Waals surface area contributed by atoms with Crippen LogP contribution in [0.25, 0.3) is 21.5 Å². The van der Waals surface area contributed by atoms with Crippen molar-refractivity contribution in [3.63, 3.8) is 0 Å². The van der Waals surface area contributed by atoms with E-state index in [4.69, 9.17) is 16.2 Å². The molecule has 0 bridgehead atoms. The molecule has 0 saturated carbocycles. The zero-order valence-electron chi connectivity index (χ0n) is 27.8. The molecule has 8 N–H and O–H groups in total. The van der Waals surface area contributed by atoms with Crippen LogP contribution in [-0.2, 0) is 28.9 Å². The molecule has 1 amide bonds. The first-order chi connectivity index (χ1) is 26.3. The smallest absolute Gasteiger partial charge is 0.295 e. The van der Waals surface area contributed by atoms with Crippen LogP contribution in [0, 0.1) is 6.92 Å². The third-order valence-corrected chi connectivity index (χ3v) is 9.84. The van der Waals surface area contributed by atoms with Gasteiger partial charge in [-0.1, -0.05) is 16.1 Å². The number of fused-ring (bicyclic) bond motifs is 2. The fourth-order valence-electron chi connectivity index (χ4n) is 5.22. The van der Waals surface area contributed by atoms with Crippen LogP contribution < -0.4 is 11.1 Å². The second-order valence-electron chi connectivity index (χ2n) is 11.4. The minimum atomic E-state index is -4.70. The number of benzene rings is 6. The molecule has 282 valence electrons. The molecule has 21 heteroatoms. The molecule has 0 saturated heterocycles. The summed E-state index contributed by atoms with van der Waals surface area (Å²) in [6.07, 6.45) is 0. The molecule has 55 heavy (non-hydrogen) atoms. The van der Waals surface area contributed by atoms with E-state index >= 15 is 0 Å². The lowest BCUT2D eigenvalue weighted by molar-refractivity contribution is -0.432. The number of carbonyl (C=O) groups is 1. The Labute approximate surface area is 318 Å². The Morgan fingerprint density at radius 3 is 2.22 bits per heavy atom. The number of amides is 1. The Kier molecular flexibility index (Phi) is 11.9. The summed E-state index contributed by atoms with van der Waals surface area (Å²) < 4.78 is 43.1. The molecule has 0 radical (unpaired) electrons. The third-order valence-electron chi connectivity index (χ3n) is 7.77. The van der Waals surface area contributed by atoms with E-state index in [9.17, 15) is 28.0 Å². The van der Waals surface area contributed by atoms with Crippen molar-refractivity contribution in [3.05, 3.63) is 102 Å². The van der Waals surface area contributed by atoms with Crippen molar-refractivity contribution in [1.82, 2.24) is 0 Å². The highest BCUT2D eigenvalue weighted by molar-refractivity contribution is 7.95. The average Bonchev–Trinajstić information content (AvgIpc) is 3.15. The number of azo groups is 2. The number of hydrogen-bond acceptors (Lipinski definition) is 18. The molecule has 0 aliphatic heterocycles. The summed E-state index contributed by atoms with van der Waals surface area (Å²) in [6.45, 7) is 1.66. The maximum Gasteiger partial charge on any atom is 0.295 e. The number of phenols is 2. The van der Waals surface area contributed by atoms with Crippen molar-refractivity contribution in [3.8, 4) is 11.5 Å². The molecule has 6 aromatic rings. The number of anilines is 2. The van der Waals surface area contributed by atoms with Gasteiger partial charge in [0, 0.05) is 38.7 Å². The number of nitrogens with zero attached hydrogens (tertiary/aromatic N) is 4. The van der Waals surface area contributed by atoms with Gasteiger partial charge in [0.15, 0.2) is 5.75 Å². The van der Waals surface area contributed by atoms with E-state index in [-0.39, 0.29) is 55.3 Å². The summed E-state index contributed by atoms with van der Waals surface area (Å²) in [5.41, 5.74) is 7.81. The highest BCUT2D eigenvalue weighted by Gasteiger charge is 2.19. The van der Waals surface area contributed by atoms with Crippen molar-refractivity contribution >= 4 is 95.8 Å².